The Bertz CT molecular complexity index is 596. The lowest BCUT2D eigenvalue weighted by Gasteiger charge is -2.10. The third-order valence-corrected chi connectivity index (χ3v) is 2.82. The molecule has 2 rings (SSSR count). The van der Waals surface area contributed by atoms with Gasteiger partial charge in [0.05, 0.1) is 5.56 Å². The minimum Gasteiger partial charge on any atom is -0.384 e. The van der Waals surface area contributed by atoms with Crippen LogP contribution in [0.4, 0.5) is 13.2 Å². The van der Waals surface area contributed by atoms with Crippen LogP contribution in [0.1, 0.15) is 24.5 Å². The van der Waals surface area contributed by atoms with Crippen molar-refractivity contribution in [2.24, 2.45) is 0 Å². The highest BCUT2D eigenvalue weighted by molar-refractivity contribution is 9.10. The van der Waals surface area contributed by atoms with Crippen molar-refractivity contribution in [1.29, 1.82) is 0 Å². The molecule has 0 radical (unpaired) electrons. The van der Waals surface area contributed by atoms with E-state index >= 15 is 0 Å². The van der Waals surface area contributed by atoms with Crippen molar-refractivity contribution in [1.82, 2.24) is 10.1 Å². The van der Waals surface area contributed by atoms with E-state index < -0.39 is 17.8 Å². The molecule has 0 fully saturated rings. The largest absolute Gasteiger partial charge is 0.417 e. The third-order valence-electron chi connectivity index (χ3n) is 2.33. The molecule has 2 aromatic rings. The van der Waals surface area contributed by atoms with Crippen molar-refractivity contribution in [3.8, 4) is 11.4 Å². The van der Waals surface area contributed by atoms with E-state index in [4.69, 9.17) is 0 Å². The molecule has 0 aliphatic heterocycles. The lowest BCUT2D eigenvalue weighted by Crippen LogP contribution is -2.07. The molecule has 0 saturated carbocycles. The van der Waals surface area contributed by atoms with Crippen LogP contribution in [0.2, 0.25) is 0 Å². The first kappa shape index (κ1) is 14.0. The van der Waals surface area contributed by atoms with Gasteiger partial charge in [-0.1, -0.05) is 21.1 Å². The molecule has 8 heteroatoms. The third kappa shape index (κ3) is 2.95. The summed E-state index contributed by atoms with van der Waals surface area (Å²) in [5, 5.41) is 12.7. The molecule has 1 aromatic heterocycles. The van der Waals surface area contributed by atoms with Gasteiger partial charge < -0.3 is 9.63 Å². The predicted molar refractivity (Wildman–Crippen MR) is 63.1 cm³/mol. The van der Waals surface area contributed by atoms with Gasteiger partial charge >= 0.3 is 6.18 Å². The summed E-state index contributed by atoms with van der Waals surface area (Å²) in [7, 11) is 0. The van der Waals surface area contributed by atoms with Gasteiger partial charge in [-0.15, -0.1) is 0 Å². The van der Waals surface area contributed by atoms with Gasteiger partial charge in [-0.25, -0.2) is 0 Å². The van der Waals surface area contributed by atoms with Crippen LogP contribution < -0.4 is 0 Å². The molecule has 0 saturated heterocycles. The van der Waals surface area contributed by atoms with Crippen molar-refractivity contribution in [2.45, 2.75) is 19.2 Å². The maximum absolute atomic E-state index is 12.9. The Kier molecular flexibility index (Phi) is 3.64. The maximum Gasteiger partial charge on any atom is 0.417 e. The Morgan fingerprint density at radius 1 is 1.37 bits per heavy atom. The predicted octanol–water partition coefficient (Wildman–Crippen LogP) is 3.57. The fourth-order valence-corrected chi connectivity index (χ4v) is 1.82. The summed E-state index contributed by atoms with van der Waals surface area (Å²) in [4.78, 5) is 3.74. The average molecular weight is 337 g/mol. The summed E-state index contributed by atoms with van der Waals surface area (Å²) in [6.07, 6.45) is -5.57. The summed E-state index contributed by atoms with van der Waals surface area (Å²) in [5.41, 5.74) is -1.08. The van der Waals surface area contributed by atoms with E-state index in [1.54, 1.807) is 0 Å². The molecule has 0 aliphatic carbocycles. The highest BCUT2D eigenvalue weighted by Gasteiger charge is 2.35. The second-order valence-corrected chi connectivity index (χ2v) is 4.74. The quantitative estimate of drug-likeness (QED) is 0.910. The number of hydrogen-bond donors (Lipinski definition) is 1. The Hall–Kier alpha value is -1.41. The normalized spacial score (nSPS) is 13.6. The van der Waals surface area contributed by atoms with E-state index in [0.717, 1.165) is 6.07 Å². The highest BCUT2D eigenvalue weighted by Crippen LogP contribution is 2.37. The number of alkyl halides is 3. The number of aliphatic hydroxyl groups excluding tert-OH is 1. The number of nitrogens with zero attached hydrogens (tertiary/aromatic N) is 2. The van der Waals surface area contributed by atoms with Crippen LogP contribution in [0, 0.1) is 0 Å². The second-order valence-electron chi connectivity index (χ2n) is 3.82. The van der Waals surface area contributed by atoms with Gasteiger partial charge in [-0.05, 0) is 25.1 Å². The number of aromatic nitrogens is 2. The minimum absolute atomic E-state index is 0.133. The van der Waals surface area contributed by atoms with Gasteiger partial charge in [0.15, 0.2) is 0 Å². The van der Waals surface area contributed by atoms with Gasteiger partial charge in [-0.2, -0.15) is 18.2 Å². The van der Waals surface area contributed by atoms with Gasteiger partial charge in [0.25, 0.3) is 5.89 Å². The molecule has 1 aromatic carbocycles. The zero-order chi connectivity index (χ0) is 14.2. The topological polar surface area (TPSA) is 59.2 Å². The first-order valence-electron chi connectivity index (χ1n) is 5.18. The smallest absolute Gasteiger partial charge is 0.384 e. The van der Waals surface area contributed by atoms with Crippen LogP contribution >= 0.6 is 15.9 Å². The zero-order valence-corrected chi connectivity index (χ0v) is 11.2. The van der Waals surface area contributed by atoms with Crippen LogP contribution in [-0.4, -0.2) is 15.2 Å². The van der Waals surface area contributed by atoms with Crippen LogP contribution in [-0.2, 0) is 6.18 Å². The monoisotopic (exact) mass is 336 g/mol. The number of hydrogen-bond acceptors (Lipinski definition) is 4. The molecule has 0 spiro atoms. The molecule has 1 heterocycles. The molecule has 0 amide bonds. The standard InChI is InChI=1S/C11H8BrF3N2O2/c1-5(18)10-16-9(17-19-10)7-3-2-6(12)4-8(7)11(13,14)15/h2-5,18H,1H3. The summed E-state index contributed by atoms with van der Waals surface area (Å²) < 4.78 is 43.8. The minimum atomic E-state index is -4.54. The number of aliphatic hydroxyl groups is 1. The first-order chi connectivity index (χ1) is 8.79. The molecule has 1 atom stereocenters. The molecule has 102 valence electrons. The Balaban J connectivity index is 2.55. The molecule has 1 unspecified atom stereocenters. The van der Waals surface area contributed by atoms with E-state index in [2.05, 4.69) is 30.6 Å². The van der Waals surface area contributed by atoms with Gasteiger partial charge in [-0.3, -0.25) is 0 Å². The van der Waals surface area contributed by atoms with Gasteiger partial charge in [0, 0.05) is 10.0 Å². The van der Waals surface area contributed by atoms with E-state index in [1.807, 2.05) is 0 Å². The number of rotatable bonds is 2. The number of benzene rings is 1. The van der Waals surface area contributed by atoms with Crippen molar-refractivity contribution in [2.75, 3.05) is 0 Å². The van der Waals surface area contributed by atoms with Crippen molar-refractivity contribution in [3.63, 3.8) is 0 Å². The lowest BCUT2D eigenvalue weighted by molar-refractivity contribution is -0.137. The molecular formula is C11H8BrF3N2O2. The zero-order valence-electron chi connectivity index (χ0n) is 9.57. The van der Waals surface area contributed by atoms with Crippen LogP contribution in [0.15, 0.2) is 27.2 Å². The van der Waals surface area contributed by atoms with Crippen molar-refractivity contribution < 1.29 is 22.8 Å². The summed E-state index contributed by atoms with van der Waals surface area (Å²) in [6, 6.07) is 3.63. The first-order valence-corrected chi connectivity index (χ1v) is 5.97. The van der Waals surface area contributed by atoms with Crippen LogP contribution in [0.3, 0.4) is 0 Å². The molecule has 0 bridgehead atoms. The van der Waals surface area contributed by atoms with E-state index in [0.29, 0.717) is 4.47 Å². The molecule has 0 aliphatic rings. The summed E-state index contributed by atoms with van der Waals surface area (Å²) in [5.74, 6) is -0.346. The molecule has 19 heavy (non-hydrogen) atoms. The molecule has 1 N–H and O–H groups in total. The summed E-state index contributed by atoms with van der Waals surface area (Å²) in [6.45, 7) is 1.38. The molecule has 4 nitrogen and oxygen atoms in total. The Morgan fingerprint density at radius 3 is 2.58 bits per heavy atom. The van der Waals surface area contributed by atoms with E-state index in [9.17, 15) is 18.3 Å². The van der Waals surface area contributed by atoms with Gasteiger partial charge in [0.2, 0.25) is 5.82 Å². The Labute approximate surface area is 114 Å². The maximum atomic E-state index is 12.9. The van der Waals surface area contributed by atoms with Crippen molar-refractivity contribution >= 4 is 15.9 Å². The lowest BCUT2D eigenvalue weighted by atomic mass is 10.1. The average Bonchev–Trinajstić information content (AvgIpc) is 2.77. The van der Waals surface area contributed by atoms with Crippen LogP contribution in [0.5, 0.6) is 0 Å². The van der Waals surface area contributed by atoms with E-state index in [1.165, 1.54) is 19.1 Å². The van der Waals surface area contributed by atoms with E-state index in [-0.39, 0.29) is 17.3 Å². The second kappa shape index (κ2) is 4.93. The fraction of sp³-hybridized carbons (Fsp3) is 0.273. The van der Waals surface area contributed by atoms with Crippen molar-refractivity contribution in [3.05, 3.63) is 34.1 Å². The SMILES string of the molecule is CC(O)c1nc(-c2ccc(Br)cc2C(F)(F)F)no1. The van der Waals surface area contributed by atoms with Gasteiger partial charge in [0.1, 0.15) is 6.10 Å². The fourth-order valence-electron chi connectivity index (χ4n) is 1.46. The summed E-state index contributed by atoms with van der Waals surface area (Å²) >= 11 is 2.99. The highest BCUT2D eigenvalue weighted by atomic mass is 79.9. The van der Waals surface area contributed by atoms with Crippen LogP contribution in [0.25, 0.3) is 11.4 Å². The number of halogens is 4. The molecular weight excluding hydrogens is 329 g/mol. The Morgan fingerprint density at radius 2 is 2.05 bits per heavy atom.